The highest BCUT2D eigenvalue weighted by atomic mass is 32.2. The highest BCUT2D eigenvalue weighted by Gasteiger charge is 2.24. The molecule has 0 bridgehead atoms. The van der Waals surface area contributed by atoms with Crippen LogP contribution in [0.2, 0.25) is 0 Å². The normalized spacial score (nSPS) is 17.1. The fourth-order valence-corrected chi connectivity index (χ4v) is 4.53. The highest BCUT2D eigenvalue weighted by Crippen LogP contribution is 2.41. The Morgan fingerprint density at radius 2 is 2.00 bits per heavy atom. The molecule has 0 saturated carbocycles. The van der Waals surface area contributed by atoms with Crippen LogP contribution in [0.5, 0.6) is 0 Å². The molecule has 1 aliphatic rings. The molecule has 1 aliphatic carbocycles. The van der Waals surface area contributed by atoms with Crippen molar-refractivity contribution in [2.45, 2.75) is 37.1 Å². The molecule has 3 aromatic rings. The molecular formula is C21H25N5S. The molecule has 0 spiro atoms. The van der Waals surface area contributed by atoms with Gasteiger partial charge in [0, 0.05) is 25.2 Å². The molecule has 1 aromatic carbocycles. The summed E-state index contributed by atoms with van der Waals surface area (Å²) in [4.78, 5) is 0. The van der Waals surface area contributed by atoms with Gasteiger partial charge in [-0.25, -0.2) is 0 Å². The van der Waals surface area contributed by atoms with E-state index < -0.39 is 0 Å². The Bertz CT molecular complexity index is 954. The number of nitrogen functional groups attached to an aromatic ring is 1. The van der Waals surface area contributed by atoms with Crippen LogP contribution < -0.4 is 5.73 Å². The molecule has 27 heavy (non-hydrogen) atoms. The van der Waals surface area contributed by atoms with Crippen LogP contribution in [0.3, 0.4) is 0 Å². The van der Waals surface area contributed by atoms with E-state index in [2.05, 4.69) is 48.4 Å². The third-order valence-corrected chi connectivity index (χ3v) is 5.85. The molecule has 1 unspecified atom stereocenters. The monoisotopic (exact) mass is 379 g/mol. The number of aromatic nitrogens is 4. The molecule has 2 N–H and O–H groups in total. The standard InChI is InChI=1S/C21H25N5S/c1-3-27-21-19(20(22)26(24-21)18-12-13-25(2)23-18)17-11-7-10-16(14-17)15-8-5-4-6-9-15/h4-6,8-9,12-14,16H,3,7,10-11,22H2,1-2H3. The zero-order valence-corrected chi connectivity index (χ0v) is 16.6. The summed E-state index contributed by atoms with van der Waals surface area (Å²) in [6, 6.07) is 12.7. The minimum Gasteiger partial charge on any atom is -0.383 e. The van der Waals surface area contributed by atoms with Gasteiger partial charge in [-0.15, -0.1) is 11.8 Å². The van der Waals surface area contributed by atoms with Crippen LogP contribution in [0.15, 0.2) is 53.7 Å². The largest absolute Gasteiger partial charge is 0.383 e. The van der Waals surface area contributed by atoms with Gasteiger partial charge in [0.25, 0.3) is 0 Å². The molecule has 0 radical (unpaired) electrons. The van der Waals surface area contributed by atoms with Crippen molar-refractivity contribution in [3.05, 3.63) is 59.8 Å². The zero-order chi connectivity index (χ0) is 18.8. The number of hydrogen-bond donors (Lipinski definition) is 1. The van der Waals surface area contributed by atoms with E-state index in [4.69, 9.17) is 10.8 Å². The van der Waals surface area contributed by atoms with E-state index in [0.717, 1.165) is 35.0 Å². The van der Waals surface area contributed by atoms with E-state index in [1.165, 1.54) is 17.6 Å². The SMILES string of the molecule is CCSc1nn(-c2ccn(C)n2)c(N)c1C1=CC(c2ccccc2)CCC1. The Labute approximate surface area is 164 Å². The Kier molecular flexibility index (Phi) is 5.07. The third kappa shape index (κ3) is 3.54. The van der Waals surface area contributed by atoms with Gasteiger partial charge >= 0.3 is 0 Å². The topological polar surface area (TPSA) is 61.7 Å². The van der Waals surface area contributed by atoms with E-state index in [9.17, 15) is 0 Å². The lowest BCUT2D eigenvalue weighted by Gasteiger charge is -2.22. The number of allylic oxidation sites excluding steroid dienone is 2. The Morgan fingerprint density at radius 3 is 2.70 bits per heavy atom. The lowest BCUT2D eigenvalue weighted by atomic mass is 9.84. The van der Waals surface area contributed by atoms with Crippen molar-refractivity contribution in [3.63, 3.8) is 0 Å². The molecule has 0 saturated heterocycles. The summed E-state index contributed by atoms with van der Waals surface area (Å²) in [6.45, 7) is 2.15. The van der Waals surface area contributed by atoms with Crippen molar-refractivity contribution >= 4 is 23.2 Å². The number of benzene rings is 1. The average Bonchev–Trinajstić information content (AvgIpc) is 3.26. The third-order valence-electron chi connectivity index (χ3n) is 5.00. The second-order valence-electron chi connectivity index (χ2n) is 6.86. The molecule has 0 amide bonds. The smallest absolute Gasteiger partial charge is 0.177 e. The molecule has 2 aromatic heterocycles. The molecule has 5 nitrogen and oxygen atoms in total. The number of anilines is 1. The Morgan fingerprint density at radius 1 is 1.19 bits per heavy atom. The van der Waals surface area contributed by atoms with Gasteiger partial charge in [-0.2, -0.15) is 14.9 Å². The second kappa shape index (κ2) is 7.64. The first-order valence-corrected chi connectivity index (χ1v) is 10.4. The highest BCUT2D eigenvalue weighted by molar-refractivity contribution is 7.99. The lowest BCUT2D eigenvalue weighted by Crippen LogP contribution is -2.06. The summed E-state index contributed by atoms with van der Waals surface area (Å²) < 4.78 is 3.55. The van der Waals surface area contributed by atoms with E-state index >= 15 is 0 Å². The van der Waals surface area contributed by atoms with Crippen molar-refractivity contribution in [3.8, 4) is 5.82 Å². The number of rotatable bonds is 5. The van der Waals surface area contributed by atoms with Crippen molar-refractivity contribution in [1.82, 2.24) is 19.6 Å². The van der Waals surface area contributed by atoms with Gasteiger partial charge in [-0.3, -0.25) is 4.68 Å². The first-order chi connectivity index (χ1) is 13.2. The molecule has 4 rings (SSSR count). The molecule has 140 valence electrons. The van der Waals surface area contributed by atoms with E-state index in [1.54, 1.807) is 21.1 Å². The van der Waals surface area contributed by atoms with Crippen LogP contribution in [0.25, 0.3) is 11.4 Å². The maximum Gasteiger partial charge on any atom is 0.177 e. The number of nitrogens with two attached hydrogens (primary N) is 1. The van der Waals surface area contributed by atoms with E-state index in [0.29, 0.717) is 11.7 Å². The van der Waals surface area contributed by atoms with Crippen LogP contribution >= 0.6 is 11.8 Å². The minimum absolute atomic E-state index is 0.437. The van der Waals surface area contributed by atoms with Crippen molar-refractivity contribution in [1.29, 1.82) is 0 Å². The van der Waals surface area contributed by atoms with Gasteiger partial charge in [-0.05, 0) is 36.2 Å². The van der Waals surface area contributed by atoms with Crippen molar-refractivity contribution in [2.75, 3.05) is 11.5 Å². The van der Waals surface area contributed by atoms with Gasteiger partial charge in [-0.1, -0.05) is 43.3 Å². The fourth-order valence-electron chi connectivity index (χ4n) is 3.73. The quantitative estimate of drug-likeness (QED) is 0.656. The molecule has 2 heterocycles. The van der Waals surface area contributed by atoms with E-state index in [1.807, 2.05) is 19.3 Å². The van der Waals surface area contributed by atoms with Crippen molar-refractivity contribution < 1.29 is 0 Å². The molecule has 6 heteroatoms. The van der Waals surface area contributed by atoms with E-state index in [-0.39, 0.29) is 0 Å². The number of nitrogens with zero attached hydrogens (tertiary/aromatic N) is 4. The molecule has 1 atom stereocenters. The first kappa shape index (κ1) is 17.9. The van der Waals surface area contributed by atoms with Gasteiger partial charge < -0.3 is 5.73 Å². The van der Waals surface area contributed by atoms with Crippen LogP contribution in [0.4, 0.5) is 5.82 Å². The lowest BCUT2D eigenvalue weighted by molar-refractivity contribution is 0.663. The summed E-state index contributed by atoms with van der Waals surface area (Å²) in [5.41, 5.74) is 10.4. The number of aryl methyl sites for hydroxylation is 1. The summed E-state index contributed by atoms with van der Waals surface area (Å²) in [6.07, 6.45) is 7.69. The zero-order valence-electron chi connectivity index (χ0n) is 15.8. The van der Waals surface area contributed by atoms with Crippen LogP contribution in [0.1, 0.15) is 43.2 Å². The minimum atomic E-state index is 0.437. The Balaban J connectivity index is 1.77. The number of thioether (sulfide) groups is 1. The molecule has 0 aliphatic heterocycles. The second-order valence-corrected chi connectivity index (χ2v) is 8.11. The molecule has 0 fully saturated rings. The summed E-state index contributed by atoms with van der Waals surface area (Å²) >= 11 is 1.74. The summed E-state index contributed by atoms with van der Waals surface area (Å²) in [5.74, 6) is 2.84. The Hall–Kier alpha value is -2.47. The maximum atomic E-state index is 6.59. The van der Waals surface area contributed by atoms with Gasteiger partial charge in [0.15, 0.2) is 5.82 Å². The maximum absolute atomic E-state index is 6.59. The fraction of sp³-hybridized carbons (Fsp3) is 0.333. The predicted octanol–water partition coefficient (Wildman–Crippen LogP) is 4.65. The van der Waals surface area contributed by atoms with Crippen molar-refractivity contribution in [2.24, 2.45) is 7.05 Å². The van der Waals surface area contributed by atoms with Gasteiger partial charge in [0.2, 0.25) is 0 Å². The molecular weight excluding hydrogens is 354 g/mol. The van der Waals surface area contributed by atoms with Crippen LogP contribution in [-0.2, 0) is 7.05 Å². The number of hydrogen-bond acceptors (Lipinski definition) is 4. The predicted molar refractivity (Wildman–Crippen MR) is 112 cm³/mol. The summed E-state index contributed by atoms with van der Waals surface area (Å²) in [5, 5.41) is 10.3. The van der Waals surface area contributed by atoms with Crippen LogP contribution in [-0.4, -0.2) is 25.3 Å². The first-order valence-electron chi connectivity index (χ1n) is 9.44. The van der Waals surface area contributed by atoms with Crippen LogP contribution in [0, 0.1) is 0 Å². The summed E-state index contributed by atoms with van der Waals surface area (Å²) in [7, 11) is 1.90. The van der Waals surface area contributed by atoms with Gasteiger partial charge in [0.05, 0.1) is 5.56 Å². The average molecular weight is 380 g/mol. The van der Waals surface area contributed by atoms with Gasteiger partial charge in [0.1, 0.15) is 10.8 Å².